The smallest absolute Gasteiger partial charge is 0.338 e. The van der Waals surface area contributed by atoms with E-state index in [1.165, 1.54) is 20.0 Å². The van der Waals surface area contributed by atoms with E-state index in [9.17, 15) is 4.79 Å². The maximum Gasteiger partial charge on any atom is 0.338 e. The molecule has 1 saturated heterocycles. The zero-order valence-electron chi connectivity index (χ0n) is 9.58. The minimum Gasteiger partial charge on any atom is -0.467 e. The van der Waals surface area contributed by atoms with Gasteiger partial charge in [-0.3, -0.25) is 0 Å². The molecule has 3 saturated carbocycles. The number of carbonyl (C=O) groups excluding carboxylic acids is 1. The normalized spacial score (nSPS) is 49.7. The highest BCUT2D eigenvalue weighted by Crippen LogP contribution is 2.69. The van der Waals surface area contributed by atoms with Crippen LogP contribution in [0.5, 0.6) is 0 Å². The average molecular weight is 210 g/mol. The minimum absolute atomic E-state index is 0.147. The number of hydrogen-bond acceptors (Lipinski definition) is 3. The Balaban J connectivity index is 1.82. The third kappa shape index (κ3) is 0.975. The summed E-state index contributed by atoms with van der Waals surface area (Å²) in [5.74, 6) is 1.22. The van der Waals surface area contributed by atoms with Crippen molar-refractivity contribution in [2.24, 2.45) is 17.3 Å². The molecule has 4 unspecified atom stereocenters. The summed E-state index contributed by atoms with van der Waals surface area (Å²) < 4.78 is 10.5. The molecular formula is C12H18O3. The van der Waals surface area contributed by atoms with Crippen LogP contribution in [0.2, 0.25) is 0 Å². The first kappa shape index (κ1) is 9.64. The molecule has 4 atom stereocenters. The van der Waals surface area contributed by atoms with Crippen molar-refractivity contribution in [2.45, 2.75) is 44.8 Å². The van der Waals surface area contributed by atoms with Crippen LogP contribution in [0, 0.1) is 17.3 Å². The zero-order chi connectivity index (χ0) is 10.8. The lowest BCUT2D eigenvalue weighted by atomic mass is 9.45. The Bertz CT molecular complexity index is 321. The van der Waals surface area contributed by atoms with Gasteiger partial charge in [-0.05, 0) is 36.5 Å². The van der Waals surface area contributed by atoms with Crippen LogP contribution in [0.15, 0.2) is 0 Å². The summed E-state index contributed by atoms with van der Waals surface area (Å²) in [6.45, 7) is 4.62. The van der Waals surface area contributed by atoms with Gasteiger partial charge in [0.1, 0.15) is 5.60 Å². The fourth-order valence-corrected chi connectivity index (χ4v) is 3.90. The van der Waals surface area contributed by atoms with E-state index in [0.29, 0.717) is 11.3 Å². The molecule has 1 aliphatic heterocycles. The average Bonchev–Trinajstić information content (AvgIpc) is 2.90. The van der Waals surface area contributed by atoms with Gasteiger partial charge < -0.3 is 9.47 Å². The van der Waals surface area contributed by atoms with Crippen molar-refractivity contribution >= 4 is 5.97 Å². The predicted molar refractivity (Wildman–Crippen MR) is 54.2 cm³/mol. The van der Waals surface area contributed by atoms with E-state index in [1.54, 1.807) is 0 Å². The van der Waals surface area contributed by atoms with Crippen LogP contribution >= 0.6 is 0 Å². The van der Waals surface area contributed by atoms with E-state index >= 15 is 0 Å². The highest BCUT2D eigenvalue weighted by molar-refractivity contribution is 5.79. The molecule has 3 heteroatoms. The predicted octanol–water partition coefficient (Wildman–Crippen LogP) is 1.75. The molecule has 84 valence electrons. The number of rotatable bonds is 1. The maximum atomic E-state index is 11.5. The fraction of sp³-hybridized carbons (Fsp3) is 0.917. The summed E-state index contributed by atoms with van der Waals surface area (Å²) in [4.78, 5) is 11.5. The molecule has 3 nitrogen and oxygen atoms in total. The van der Waals surface area contributed by atoms with E-state index < -0.39 is 0 Å². The first-order valence-electron chi connectivity index (χ1n) is 5.78. The van der Waals surface area contributed by atoms with E-state index in [4.69, 9.17) is 9.47 Å². The fourth-order valence-electron chi connectivity index (χ4n) is 3.90. The lowest BCUT2D eigenvalue weighted by molar-refractivity contribution is -0.143. The second-order valence-corrected chi connectivity index (χ2v) is 5.82. The van der Waals surface area contributed by atoms with Gasteiger partial charge in [0.25, 0.3) is 0 Å². The second-order valence-electron chi connectivity index (χ2n) is 5.82. The number of esters is 1. The van der Waals surface area contributed by atoms with E-state index in [0.717, 1.165) is 12.3 Å². The largest absolute Gasteiger partial charge is 0.467 e. The number of epoxide rings is 1. The van der Waals surface area contributed by atoms with Crippen LogP contribution in [-0.2, 0) is 14.3 Å². The minimum atomic E-state index is -0.270. The Morgan fingerprint density at radius 3 is 2.73 bits per heavy atom. The summed E-state index contributed by atoms with van der Waals surface area (Å²) in [6, 6.07) is 0. The van der Waals surface area contributed by atoms with Gasteiger partial charge >= 0.3 is 5.97 Å². The Morgan fingerprint density at radius 1 is 1.47 bits per heavy atom. The number of fused-ring (bicyclic) bond motifs is 1. The molecule has 0 aromatic heterocycles. The Labute approximate surface area is 90.1 Å². The van der Waals surface area contributed by atoms with Crippen LogP contribution in [0.4, 0.5) is 0 Å². The molecule has 4 fully saturated rings. The lowest BCUT2D eigenvalue weighted by Gasteiger charge is -2.59. The molecule has 0 amide bonds. The van der Waals surface area contributed by atoms with Crippen molar-refractivity contribution in [3.05, 3.63) is 0 Å². The summed E-state index contributed by atoms with van der Waals surface area (Å²) in [5, 5.41) is 0. The van der Waals surface area contributed by atoms with Crippen LogP contribution in [0.3, 0.4) is 0 Å². The molecule has 2 bridgehead atoms. The van der Waals surface area contributed by atoms with Gasteiger partial charge in [-0.1, -0.05) is 13.8 Å². The van der Waals surface area contributed by atoms with Crippen LogP contribution in [0.25, 0.3) is 0 Å². The van der Waals surface area contributed by atoms with Crippen molar-refractivity contribution in [3.8, 4) is 0 Å². The topological polar surface area (TPSA) is 38.8 Å². The van der Waals surface area contributed by atoms with Gasteiger partial charge in [-0.2, -0.15) is 0 Å². The van der Waals surface area contributed by atoms with Gasteiger partial charge in [0.2, 0.25) is 0 Å². The molecule has 0 aromatic carbocycles. The molecule has 0 aromatic rings. The Morgan fingerprint density at radius 2 is 2.20 bits per heavy atom. The monoisotopic (exact) mass is 210 g/mol. The molecule has 4 rings (SSSR count). The summed E-state index contributed by atoms with van der Waals surface area (Å²) >= 11 is 0. The first-order chi connectivity index (χ1) is 7.02. The standard InChI is InChI=1S/C12H18O3/c1-11(2)7-4-5-12(8(11)6-7)9(15-12)10(13)14-3/h7-9H,4-6H2,1-3H3. The molecule has 1 heterocycles. The molecule has 15 heavy (non-hydrogen) atoms. The van der Waals surface area contributed by atoms with E-state index in [-0.39, 0.29) is 17.7 Å². The number of ether oxygens (including phenoxy) is 2. The molecule has 4 aliphatic rings. The van der Waals surface area contributed by atoms with Crippen molar-refractivity contribution < 1.29 is 14.3 Å². The molecule has 1 spiro atoms. The van der Waals surface area contributed by atoms with E-state index in [1.807, 2.05) is 0 Å². The van der Waals surface area contributed by atoms with Gasteiger partial charge in [0, 0.05) is 0 Å². The molecule has 0 N–H and O–H groups in total. The number of methoxy groups -OCH3 is 1. The third-order valence-electron chi connectivity index (χ3n) is 5.08. The van der Waals surface area contributed by atoms with Crippen LogP contribution < -0.4 is 0 Å². The molecular weight excluding hydrogens is 192 g/mol. The van der Waals surface area contributed by atoms with Gasteiger partial charge in [-0.15, -0.1) is 0 Å². The quantitative estimate of drug-likeness (QED) is 0.489. The summed E-state index contributed by atoms with van der Waals surface area (Å²) in [6.07, 6.45) is 3.22. The van der Waals surface area contributed by atoms with Crippen molar-refractivity contribution in [1.82, 2.24) is 0 Å². The number of carbonyl (C=O) groups is 1. The zero-order valence-corrected chi connectivity index (χ0v) is 9.58. The van der Waals surface area contributed by atoms with Crippen LogP contribution in [0.1, 0.15) is 33.1 Å². The highest BCUT2D eigenvalue weighted by Gasteiger charge is 2.74. The molecule has 0 radical (unpaired) electrons. The highest BCUT2D eigenvalue weighted by atomic mass is 16.7. The van der Waals surface area contributed by atoms with E-state index in [2.05, 4.69) is 13.8 Å². The Kier molecular flexibility index (Phi) is 1.65. The first-order valence-corrected chi connectivity index (χ1v) is 5.78. The van der Waals surface area contributed by atoms with Gasteiger partial charge in [0.05, 0.1) is 7.11 Å². The summed E-state index contributed by atoms with van der Waals surface area (Å²) in [7, 11) is 1.44. The van der Waals surface area contributed by atoms with Gasteiger partial charge in [-0.25, -0.2) is 4.79 Å². The van der Waals surface area contributed by atoms with Crippen molar-refractivity contribution in [2.75, 3.05) is 7.11 Å². The lowest BCUT2D eigenvalue weighted by Crippen LogP contribution is -2.57. The SMILES string of the molecule is COC(=O)C1OC12CCC1CC2C1(C)C. The second kappa shape index (κ2) is 2.57. The third-order valence-corrected chi connectivity index (χ3v) is 5.08. The van der Waals surface area contributed by atoms with Crippen molar-refractivity contribution in [1.29, 1.82) is 0 Å². The Hall–Kier alpha value is -0.570. The van der Waals surface area contributed by atoms with Gasteiger partial charge in [0.15, 0.2) is 6.10 Å². The maximum absolute atomic E-state index is 11.5. The summed E-state index contributed by atoms with van der Waals surface area (Å²) in [5.41, 5.74) is 0.215. The molecule has 3 aliphatic carbocycles. The van der Waals surface area contributed by atoms with Crippen LogP contribution in [-0.4, -0.2) is 24.8 Å². The number of hydrogen-bond donors (Lipinski definition) is 0. The van der Waals surface area contributed by atoms with Crippen molar-refractivity contribution in [3.63, 3.8) is 0 Å².